The Bertz CT molecular complexity index is 523. The Morgan fingerprint density at radius 2 is 1.60 bits per heavy atom. The number of likely N-dealkylation sites (tertiary alicyclic amines) is 1. The predicted molar refractivity (Wildman–Crippen MR) is 91.3 cm³/mol. The van der Waals surface area contributed by atoms with Gasteiger partial charge in [-0.1, -0.05) is 0 Å². The van der Waals surface area contributed by atoms with E-state index in [1.165, 1.54) is 4.90 Å². The van der Waals surface area contributed by atoms with Crippen molar-refractivity contribution < 1.29 is 24.2 Å². The van der Waals surface area contributed by atoms with Gasteiger partial charge in [-0.25, -0.2) is 9.59 Å². The van der Waals surface area contributed by atoms with Crippen LogP contribution in [0.1, 0.15) is 40.5 Å². The summed E-state index contributed by atoms with van der Waals surface area (Å²) in [5.74, 6) is -0.0427. The van der Waals surface area contributed by atoms with Crippen LogP contribution in [0, 0.1) is 5.92 Å². The summed E-state index contributed by atoms with van der Waals surface area (Å²) in [7, 11) is 0. The summed E-state index contributed by atoms with van der Waals surface area (Å²) in [5, 5.41) is 9.06. The van der Waals surface area contributed by atoms with E-state index in [1.54, 1.807) is 9.80 Å². The highest BCUT2D eigenvalue weighted by molar-refractivity contribution is 5.80. The smallest absolute Gasteiger partial charge is 0.410 e. The molecule has 0 aromatic carbocycles. The predicted octanol–water partition coefficient (Wildman–Crippen LogP) is 1.84. The summed E-state index contributed by atoms with van der Waals surface area (Å²) < 4.78 is 5.37. The van der Waals surface area contributed by atoms with E-state index in [0.29, 0.717) is 45.6 Å². The monoisotopic (exact) mass is 355 g/mol. The van der Waals surface area contributed by atoms with Gasteiger partial charge in [0.05, 0.1) is 0 Å². The van der Waals surface area contributed by atoms with Gasteiger partial charge in [0.2, 0.25) is 5.91 Å². The van der Waals surface area contributed by atoms with Gasteiger partial charge >= 0.3 is 12.2 Å². The second kappa shape index (κ2) is 7.49. The maximum atomic E-state index is 12.8. The van der Waals surface area contributed by atoms with Crippen LogP contribution in [0.4, 0.5) is 9.59 Å². The van der Waals surface area contributed by atoms with Gasteiger partial charge in [-0.2, -0.15) is 0 Å². The molecule has 0 aliphatic carbocycles. The first kappa shape index (κ1) is 19.3. The number of piperidine rings is 1. The van der Waals surface area contributed by atoms with Gasteiger partial charge in [-0.15, -0.1) is 0 Å². The number of ether oxygens (including phenoxy) is 1. The van der Waals surface area contributed by atoms with Gasteiger partial charge in [-0.05, 0) is 40.5 Å². The van der Waals surface area contributed by atoms with Crippen LogP contribution < -0.4 is 0 Å². The number of hydrogen-bond donors (Lipinski definition) is 1. The Labute approximate surface area is 148 Å². The fourth-order valence-corrected chi connectivity index (χ4v) is 3.33. The lowest BCUT2D eigenvalue weighted by molar-refractivity contribution is -0.141. The van der Waals surface area contributed by atoms with E-state index in [2.05, 4.69) is 0 Å². The van der Waals surface area contributed by atoms with Crippen LogP contribution in [0.15, 0.2) is 0 Å². The Hall–Kier alpha value is -1.99. The first-order chi connectivity index (χ1) is 11.6. The standard InChI is InChI=1S/C17H29N3O5/c1-12-11-19(15(22)23)9-10-20(12)14(21)13-5-7-18(8-6-13)16(24)25-17(2,3)4/h12-13H,5-11H2,1-4H3,(H,22,23)/t12-/m1/s1. The van der Waals surface area contributed by atoms with Crippen molar-refractivity contribution >= 4 is 18.1 Å². The van der Waals surface area contributed by atoms with Crippen LogP contribution in [0.3, 0.4) is 0 Å². The van der Waals surface area contributed by atoms with E-state index in [4.69, 9.17) is 9.84 Å². The molecule has 0 saturated carbocycles. The van der Waals surface area contributed by atoms with Gasteiger partial charge in [0.1, 0.15) is 5.60 Å². The minimum atomic E-state index is -0.940. The van der Waals surface area contributed by atoms with Crippen LogP contribution in [0.25, 0.3) is 0 Å². The molecule has 0 unspecified atom stereocenters. The Balaban J connectivity index is 1.85. The minimum Gasteiger partial charge on any atom is -0.465 e. The number of carbonyl (C=O) groups excluding carboxylic acids is 2. The summed E-state index contributed by atoms with van der Waals surface area (Å²) in [4.78, 5) is 40.7. The third-order valence-electron chi connectivity index (χ3n) is 4.68. The van der Waals surface area contributed by atoms with Gasteiger partial charge < -0.3 is 24.5 Å². The molecule has 0 aromatic rings. The molecule has 8 nitrogen and oxygen atoms in total. The van der Waals surface area contributed by atoms with E-state index in [9.17, 15) is 14.4 Å². The van der Waals surface area contributed by atoms with Crippen molar-refractivity contribution in [1.29, 1.82) is 0 Å². The molecule has 2 fully saturated rings. The molecule has 25 heavy (non-hydrogen) atoms. The van der Waals surface area contributed by atoms with Crippen LogP contribution in [0.5, 0.6) is 0 Å². The van der Waals surface area contributed by atoms with Crippen molar-refractivity contribution in [2.75, 3.05) is 32.7 Å². The normalized spacial score (nSPS) is 22.7. The lowest BCUT2D eigenvalue weighted by Crippen LogP contribution is -2.57. The van der Waals surface area contributed by atoms with E-state index in [1.807, 2.05) is 27.7 Å². The Kier molecular flexibility index (Phi) is 5.80. The SMILES string of the molecule is C[C@@H]1CN(C(=O)O)CCN1C(=O)C1CCN(C(=O)OC(C)(C)C)CC1. The van der Waals surface area contributed by atoms with Crippen LogP contribution in [-0.2, 0) is 9.53 Å². The first-order valence-electron chi connectivity index (χ1n) is 8.85. The zero-order valence-electron chi connectivity index (χ0n) is 15.5. The summed E-state index contributed by atoms with van der Waals surface area (Å²) in [6.45, 7) is 9.52. The molecule has 142 valence electrons. The molecular weight excluding hydrogens is 326 g/mol. The minimum absolute atomic E-state index is 0.0707. The topological polar surface area (TPSA) is 90.4 Å². The highest BCUT2D eigenvalue weighted by atomic mass is 16.6. The molecule has 2 heterocycles. The molecule has 0 radical (unpaired) electrons. The van der Waals surface area contributed by atoms with Crippen molar-refractivity contribution in [2.24, 2.45) is 5.92 Å². The summed E-state index contributed by atoms with van der Waals surface area (Å²) in [5.41, 5.74) is -0.525. The molecule has 2 aliphatic rings. The molecule has 2 aliphatic heterocycles. The lowest BCUT2D eigenvalue weighted by atomic mass is 9.94. The fraction of sp³-hybridized carbons (Fsp3) is 0.824. The molecule has 0 spiro atoms. The zero-order chi connectivity index (χ0) is 18.8. The number of carbonyl (C=O) groups is 3. The zero-order valence-corrected chi connectivity index (χ0v) is 15.5. The fourth-order valence-electron chi connectivity index (χ4n) is 3.33. The number of hydrogen-bond acceptors (Lipinski definition) is 4. The first-order valence-corrected chi connectivity index (χ1v) is 8.85. The van der Waals surface area contributed by atoms with Gasteiger partial charge in [0.15, 0.2) is 0 Å². The molecule has 2 saturated heterocycles. The van der Waals surface area contributed by atoms with Crippen LogP contribution in [0.2, 0.25) is 0 Å². The Morgan fingerprint density at radius 3 is 2.08 bits per heavy atom. The van der Waals surface area contributed by atoms with Crippen molar-refractivity contribution in [2.45, 2.75) is 52.2 Å². The number of rotatable bonds is 1. The summed E-state index contributed by atoms with van der Waals surface area (Å²) >= 11 is 0. The second-order valence-electron chi connectivity index (χ2n) is 7.85. The van der Waals surface area contributed by atoms with Crippen molar-refractivity contribution in [3.05, 3.63) is 0 Å². The Morgan fingerprint density at radius 1 is 1.00 bits per heavy atom. The van der Waals surface area contributed by atoms with E-state index in [0.717, 1.165) is 0 Å². The largest absolute Gasteiger partial charge is 0.465 e. The molecule has 1 atom stereocenters. The van der Waals surface area contributed by atoms with E-state index < -0.39 is 11.7 Å². The highest BCUT2D eigenvalue weighted by Gasteiger charge is 2.36. The van der Waals surface area contributed by atoms with E-state index in [-0.39, 0.29) is 24.0 Å². The lowest BCUT2D eigenvalue weighted by Gasteiger charge is -2.41. The summed E-state index contributed by atoms with van der Waals surface area (Å²) in [6.07, 6.45) is -0.0418. The maximum Gasteiger partial charge on any atom is 0.410 e. The number of nitrogens with zero attached hydrogens (tertiary/aromatic N) is 3. The van der Waals surface area contributed by atoms with Crippen molar-refractivity contribution in [3.8, 4) is 0 Å². The van der Waals surface area contributed by atoms with E-state index >= 15 is 0 Å². The van der Waals surface area contributed by atoms with Gasteiger partial charge in [0, 0.05) is 44.7 Å². The maximum absolute atomic E-state index is 12.8. The third kappa shape index (κ3) is 4.99. The molecule has 3 amide bonds. The average Bonchev–Trinajstić information content (AvgIpc) is 2.52. The molecule has 8 heteroatoms. The average molecular weight is 355 g/mol. The number of carboxylic acid groups (broad SMARTS) is 1. The van der Waals surface area contributed by atoms with Crippen LogP contribution in [-0.4, -0.2) is 82.3 Å². The quantitative estimate of drug-likeness (QED) is 0.775. The molecule has 1 N–H and O–H groups in total. The van der Waals surface area contributed by atoms with Crippen LogP contribution >= 0.6 is 0 Å². The molecule has 0 aromatic heterocycles. The van der Waals surface area contributed by atoms with Crippen molar-refractivity contribution in [3.63, 3.8) is 0 Å². The summed E-state index contributed by atoms with van der Waals surface area (Å²) in [6, 6.07) is -0.124. The molecule has 2 rings (SSSR count). The molecule has 0 bridgehead atoms. The van der Waals surface area contributed by atoms with Crippen molar-refractivity contribution in [1.82, 2.24) is 14.7 Å². The van der Waals surface area contributed by atoms with Gasteiger partial charge in [-0.3, -0.25) is 4.79 Å². The third-order valence-corrected chi connectivity index (χ3v) is 4.68. The second-order valence-corrected chi connectivity index (χ2v) is 7.85. The number of amides is 3. The highest BCUT2D eigenvalue weighted by Crippen LogP contribution is 2.23. The molecular formula is C17H29N3O5. The number of piperazine rings is 1. The van der Waals surface area contributed by atoms with Gasteiger partial charge in [0.25, 0.3) is 0 Å².